The predicted octanol–water partition coefficient (Wildman–Crippen LogP) is 4.15. The second-order valence-electron chi connectivity index (χ2n) is 4.90. The SMILES string of the molecule is CCN(CC)C(=O)c1ccc(C(=O)Oc2cccc(Br)c2)cc1. The molecule has 1 amide bonds. The molecule has 2 rings (SSSR count). The third-order valence-electron chi connectivity index (χ3n) is 3.42. The van der Waals surface area contributed by atoms with Crippen LogP contribution in [0.25, 0.3) is 0 Å². The molecule has 0 aromatic heterocycles. The van der Waals surface area contributed by atoms with Gasteiger partial charge in [0.05, 0.1) is 5.56 Å². The zero-order chi connectivity index (χ0) is 16.8. The highest BCUT2D eigenvalue weighted by atomic mass is 79.9. The van der Waals surface area contributed by atoms with Gasteiger partial charge in [-0.05, 0) is 56.3 Å². The summed E-state index contributed by atoms with van der Waals surface area (Å²) in [5.41, 5.74) is 0.966. The number of nitrogens with zero attached hydrogens (tertiary/aromatic N) is 1. The molecule has 120 valence electrons. The molecule has 0 fully saturated rings. The fraction of sp³-hybridized carbons (Fsp3) is 0.222. The summed E-state index contributed by atoms with van der Waals surface area (Å²) in [5.74, 6) is -0.0282. The first-order valence-electron chi connectivity index (χ1n) is 7.42. The van der Waals surface area contributed by atoms with Crippen molar-refractivity contribution in [3.63, 3.8) is 0 Å². The number of carbonyl (C=O) groups is 2. The second kappa shape index (κ2) is 7.92. The Balaban J connectivity index is 2.10. The lowest BCUT2D eigenvalue weighted by Crippen LogP contribution is -2.30. The van der Waals surface area contributed by atoms with Crippen molar-refractivity contribution in [1.82, 2.24) is 4.90 Å². The Morgan fingerprint density at radius 3 is 2.17 bits per heavy atom. The molecule has 0 aliphatic rings. The molecule has 2 aromatic rings. The van der Waals surface area contributed by atoms with Crippen molar-refractivity contribution in [3.8, 4) is 5.75 Å². The maximum Gasteiger partial charge on any atom is 0.343 e. The first-order chi connectivity index (χ1) is 11.0. The highest BCUT2D eigenvalue weighted by Gasteiger charge is 2.14. The molecule has 0 spiro atoms. The number of ether oxygens (including phenoxy) is 1. The van der Waals surface area contributed by atoms with E-state index in [2.05, 4.69) is 15.9 Å². The number of halogens is 1. The van der Waals surface area contributed by atoms with Gasteiger partial charge >= 0.3 is 5.97 Å². The van der Waals surface area contributed by atoms with E-state index < -0.39 is 5.97 Å². The fourth-order valence-corrected chi connectivity index (χ4v) is 2.52. The van der Waals surface area contributed by atoms with Gasteiger partial charge in [0.1, 0.15) is 5.75 Å². The first kappa shape index (κ1) is 17.2. The van der Waals surface area contributed by atoms with Crippen LogP contribution in [0.5, 0.6) is 5.75 Å². The van der Waals surface area contributed by atoms with Gasteiger partial charge in [-0.15, -0.1) is 0 Å². The molecule has 0 aliphatic carbocycles. The Morgan fingerprint density at radius 2 is 1.61 bits per heavy atom. The van der Waals surface area contributed by atoms with E-state index in [1.54, 1.807) is 47.4 Å². The average Bonchev–Trinajstić information content (AvgIpc) is 2.56. The van der Waals surface area contributed by atoms with E-state index in [0.29, 0.717) is 30.0 Å². The quantitative estimate of drug-likeness (QED) is 0.582. The minimum absolute atomic E-state index is 0.0399. The molecule has 4 nitrogen and oxygen atoms in total. The third kappa shape index (κ3) is 4.42. The summed E-state index contributed by atoms with van der Waals surface area (Å²) >= 11 is 3.33. The molecular formula is C18H18BrNO3. The lowest BCUT2D eigenvalue weighted by Gasteiger charge is -2.18. The van der Waals surface area contributed by atoms with Crippen LogP contribution < -0.4 is 4.74 Å². The first-order valence-corrected chi connectivity index (χ1v) is 8.21. The molecule has 0 aliphatic heterocycles. The Morgan fingerprint density at radius 1 is 1.00 bits per heavy atom. The molecule has 0 saturated carbocycles. The van der Waals surface area contributed by atoms with Gasteiger partial charge < -0.3 is 9.64 Å². The second-order valence-corrected chi connectivity index (χ2v) is 5.82. The predicted molar refractivity (Wildman–Crippen MR) is 92.8 cm³/mol. The smallest absolute Gasteiger partial charge is 0.343 e. The van der Waals surface area contributed by atoms with E-state index in [1.807, 2.05) is 19.9 Å². The van der Waals surface area contributed by atoms with Gasteiger partial charge in [0.15, 0.2) is 0 Å². The van der Waals surface area contributed by atoms with Crippen LogP contribution >= 0.6 is 15.9 Å². The third-order valence-corrected chi connectivity index (χ3v) is 3.92. The fourth-order valence-electron chi connectivity index (χ4n) is 2.14. The van der Waals surface area contributed by atoms with Crippen LogP contribution in [0.2, 0.25) is 0 Å². The van der Waals surface area contributed by atoms with E-state index in [9.17, 15) is 9.59 Å². The van der Waals surface area contributed by atoms with E-state index in [4.69, 9.17) is 4.74 Å². The molecular weight excluding hydrogens is 358 g/mol. The molecule has 0 bridgehead atoms. The molecule has 0 atom stereocenters. The van der Waals surface area contributed by atoms with Crippen molar-refractivity contribution < 1.29 is 14.3 Å². The summed E-state index contributed by atoms with van der Waals surface area (Å²) in [6, 6.07) is 13.6. The van der Waals surface area contributed by atoms with Crippen LogP contribution in [0.3, 0.4) is 0 Å². The molecule has 0 saturated heterocycles. The topological polar surface area (TPSA) is 46.6 Å². The largest absolute Gasteiger partial charge is 0.423 e. The molecule has 5 heteroatoms. The van der Waals surface area contributed by atoms with Crippen LogP contribution in [0.1, 0.15) is 34.6 Å². The minimum atomic E-state index is -0.454. The van der Waals surface area contributed by atoms with Crippen molar-refractivity contribution in [1.29, 1.82) is 0 Å². The highest BCUT2D eigenvalue weighted by Crippen LogP contribution is 2.19. The van der Waals surface area contributed by atoms with E-state index in [-0.39, 0.29) is 5.91 Å². The highest BCUT2D eigenvalue weighted by molar-refractivity contribution is 9.10. The van der Waals surface area contributed by atoms with E-state index in [0.717, 1.165) is 4.47 Å². The summed E-state index contributed by atoms with van der Waals surface area (Å²) in [4.78, 5) is 26.1. The van der Waals surface area contributed by atoms with Crippen LogP contribution in [-0.2, 0) is 0 Å². The van der Waals surface area contributed by atoms with Crippen molar-refractivity contribution >= 4 is 27.8 Å². The average molecular weight is 376 g/mol. The van der Waals surface area contributed by atoms with Gasteiger partial charge in [0.25, 0.3) is 5.91 Å². The van der Waals surface area contributed by atoms with Crippen LogP contribution in [0, 0.1) is 0 Å². The summed E-state index contributed by atoms with van der Waals surface area (Å²) in [6.45, 7) is 5.18. The van der Waals surface area contributed by atoms with Gasteiger partial charge in [-0.3, -0.25) is 4.79 Å². The molecule has 0 unspecified atom stereocenters. The number of benzene rings is 2. The Hall–Kier alpha value is -2.14. The molecule has 2 aromatic carbocycles. The van der Waals surface area contributed by atoms with Gasteiger partial charge in [-0.2, -0.15) is 0 Å². The van der Waals surface area contributed by atoms with Gasteiger partial charge in [-0.25, -0.2) is 4.79 Å². The standard InChI is InChI=1S/C18H18BrNO3/c1-3-20(4-2)17(21)13-8-10-14(11-9-13)18(22)23-16-7-5-6-15(19)12-16/h5-12H,3-4H2,1-2H3. The number of rotatable bonds is 5. The van der Waals surface area contributed by atoms with Gasteiger partial charge in [0, 0.05) is 23.1 Å². The summed E-state index contributed by atoms with van der Waals surface area (Å²) in [7, 11) is 0. The Labute approximate surface area is 144 Å². The zero-order valence-corrected chi connectivity index (χ0v) is 14.7. The summed E-state index contributed by atoms with van der Waals surface area (Å²) in [6.07, 6.45) is 0. The maximum atomic E-state index is 12.2. The maximum absolute atomic E-state index is 12.2. The number of amides is 1. The van der Waals surface area contributed by atoms with Crippen molar-refractivity contribution in [2.75, 3.05) is 13.1 Å². The number of carbonyl (C=O) groups excluding carboxylic acids is 2. The monoisotopic (exact) mass is 375 g/mol. The van der Waals surface area contributed by atoms with Gasteiger partial charge in [0.2, 0.25) is 0 Å². The van der Waals surface area contributed by atoms with Crippen molar-refractivity contribution in [2.24, 2.45) is 0 Å². The molecule has 23 heavy (non-hydrogen) atoms. The van der Waals surface area contributed by atoms with Crippen LogP contribution in [0.15, 0.2) is 53.0 Å². The summed E-state index contributed by atoms with van der Waals surface area (Å²) in [5, 5.41) is 0. The van der Waals surface area contributed by atoms with Crippen molar-refractivity contribution in [2.45, 2.75) is 13.8 Å². The van der Waals surface area contributed by atoms with Crippen LogP contribution in [-0.4, -0.2) is 29.9 Å². The minimum Gasteiger partial charge on any atom is -0.423 e. The Kier molecular flexibility index (Phi) is 5.93. The number of hydrogen-bond acceptors (Lipinski definition) is 3. The normalized spacial score (nSPS) is 10.2. The van der Waals surface area contributed by atoms with E-state index >= 15 is 0 Å². The van der Waals surface area contributed by atoms with Gasteiger partial charge in [-0.1, -0.05) is 22.0 Å². The van der Waals surface area contributed by atoms with Crippen molar-refractivity contribution in [3.05, 3.63) is 64.1 Å². The number of esters is 1. The Bertz CT molecular complexity index is 694. The lowest BCUT2D eigenvalue weighted by atomic mass is 10.1. The van der Waals surface area contributed by atoms with E-state index in [1.165, 1.54) is 0 Å². The lowest BCUT2D eigenvalue weighted by molar-refractivity contribution is 0.0730. The number of hydrogen-bond donors (Lipinski definition) is 0. The zero-order valence-electron chi connectivity index (χ0n) is 13.1. The molecule has 0 N–H and O–H groups in total. The van der Waals surface area contributed by atoms with Crippen LogP contribution in [0.4, 0.5) is 0 Å². The molecule has 0 heterocycles. The summed E-state index contributed by atoms with van der Waals surface area (Å²) < 4.78 is 6.14. The molecule has 0 radical (unpaired) electrons.